The van der Waals surface area contributed by atoms with Gasteiger partial charge < -0.3 is 5.73 Å². The summed E-state index contributed by atoms with van der Waals surface area (Å²) in [6.45, 7) is 5.96. The number of allylic oxidation sites excluding steroid dienone is 1. The predicted octanol–water partition coefficient (Wildman–Crippen LogP) is 4.19. The molecule has 0 radical (unpaired) electrons. The van der Waals surface area contributed by atoms with Crippen molar-refractivity contribution in [3.05, 3.63) is 12.2 Å². The third kappa shape index (κ3) is 8.96. The molecule has 2 heteroatoms. The van der Waals surface area contributed by atoms with Gasteiger partial charge in [-0.25, -0.2) is 0 Å². The quantitative estimate of drug-likeness (QED) is 0.450. The molecular weight excluding hydrogens is 210 g/mol. The van der Waals surface area contributed by atoms with Crippen molar-refractivity contribution in [3.63, 3.8) is 0 Å². The van der Waals surface area contributed by atoms with Gasteiger partial charge >= 0.3 is 0 Å². The smallest absolute Gasteiger partial charge is 0.226 e. The molecule has 0 heterocycles. The summed E-state index contributed by atoms with van der Waals surface area (Å²) in [6.07, 6.45) is 14.4. The molecule has 0 spiro atoms. The molecule has 0 saturated heterocycles. The maximum atomic E-state index is 11.1. The molecule has 0 unspecified atom stereocenters. The van der Waals surface area contributed by atoms with Crippen LogP contribution in [0.1, 0.15) is 72.1 Å². The van der Waals surface area contributed by atoms with Crippen LogP contribution in [0.25, 0.3) is 0 Å². The molecule has 0 fully saturated rings. The van der Waals surface area contributed by atoms with Crippen molar-refractivity contribution in [2.45, 2.75) is 72.1 Å². The Labute approximate surface area is 107 Å². The van der Waals surface area contributed by atoms with Crippen LogP contribution in [0, 0.1) is 5.41 Å². The molecular formula is C15H29NO. The van der Waals surface area contributed by atoms with E-state index >= 15 is 0 Å². The van der Waals surface area contributed by atoms with Crippen molar-refractivity contribution < 1.29 is 4.79 Å². The summed E-state index contributed by atoms with van der Waals surface area (Å²) in [5, 5.41) is 0. The third-order valence-corrected chi connectivity index (χ3v) is 3.14. The number of unbranched alkanes of at least 4 members (excludes halogenated alkanes) is 7. The van der Waals surface area contributed by atoms with Crippen molar-refractivity contribution in [2.75, 3.05) is 0 Å². The number of nitrogens with two attached hydrogens (primary N) is 1. The van der Waals surface area contributed by atoms with E-state index in [0.717, 1.165) is 6.42 Å². The third-order valence-electron chi connectivity index (χ3n) is 3.14. The summed E-state index contributed by atoms with van der Waals surface area (Å²) in [7, 11) is 0. The van der Waals surface area contributed by atoms with E-state index in [2.05, 4.69) is 13.0 Å². The second-order valence-electron chi connectivity index (χ2n) is 5.40. The molecule has 1 amide bonds. The van der Waals surface area contributed by atoms with Crippen molar-refractivity contribution in [1.82, 2.24) is 0 Å². The molecule has 0 rings (SSSR count). The Morgan fingerprint density at radius 3 is 2.12 bits per heavy atom. The predicted molar refractivity (Wildman–Crippen MR) is 74.7 cm³/mol. The minimum atomic E-state index is -0.499. The average molecular weight is 239 g/mol. The van der Waals surface area contributed by atoms with Crippen molar-refractivity contribution in [2.24, 2.45) is 11.1 Å². The van der Waals surface area contributed by atoms with Gasteiger partial charge in [-0.15, -0.1) is 0 Å². The zero-order valence-corrected chi connectivity index (χ0v) is 11.8. The maximum Gasteiger partial charge on any atom is 0.226 e. The van der Waals surface area contributed by atoms with E-state index in [-0.39, 0.29) is 5.91 Å². The van der Waals surface area contributed by atoms with Gasteiger partial charge in [0.2, 0.25) is 5.91 Å². The Bertz CT molecular complexity index is 231. The Morgan fingerprint density at radius 1 is 1.06 bits per heavy atom. The fourth-order valence-electron chi connectivity index (χ4n) is 1.68. The molecule has 2 nitrogen and oxygen atoms in total. The fraction of sp³-hybridized carbons (Fsp3) is 0.800. The van der Waals surface area contributed by atoms with Crippen LogP contribution in [0.4, 0.5) is 0 Å². The average Bonchev–Trinajstić information content (AvgIpc) is 2.26. The van der Waals surface area contributed by atoms with Gasteiger partial charge in [-0.1, -0.05) is 57.6 Å². The molecule has 0 bridgehead atoms. The summed E-state index contributed by atoms with van der Waals surface area (Å²) in [4.78, 5) is 11.1. The number of amides is 1. The number of hydrogen-bond acceptors (Lipinski definition) is 1. The second-order valence-corrected chi connectivity index (χ2v) is 5.40. The zero-order valence-electron chi connectivity index (χ0n) is 11.8. The van der Waals surface area contributed by atoms with Crippen molar-refractivity contribution in [1.29, 1.82) is 0 Å². The molecule has 17 heavy (non-hydrogen) atoms. The molecule has 100 valence electrons. The van der Waals surface area contributed by atoms with E-state index in [0.29, 0.717) is 0 Å². The van der Waals surface area contributed by atoms with Crippen molar-refractivity contribution in [3.8, 4) is 0 Å². The topological polar surface area (TPSA) is 43.1 Å². The number of hydrogen-bond donors (Lipinski definition) is 1. The van der Waals surface area contributed by atoms with Crippen LogP contribution in [0.5, 0.6) is 0 Å². The highest BCUT2D eigenvalue weighted by Gasteiger charge is 2.20. The van der Waals surface area contributed by atoms with Crippen LogP contribution in [0.3, 0.4) is 0 Å². The van der Waals surface area contributed by atoms with Gasteiger partial charge in [-0.05, 0) is 26.7 Å². The lowest BCUT2D eigenvalue weighted by molar-refractivity contribution is -0.123. The monoisotopic (exact) mass is 239 g/mol. The highest BCUT2D eigenvalue weighted by Crippen LogP contribution is 2.17. The Balaban J connectivity index is 3.45. The lowest BCUT2D eigenvalue weighted by atomic mass is 9.92. The Morgan fingerprint density at radius 2 is 1.59 bits per heavy atom. The lowest BCUT2D eigenvalue weighted by Crippen LogP contribution is -2.29. The van der Waals surface area contributed by atoms with Gasteiger partial charge in [-0.3, -0.25) is 4.79 Å². The zero-order chi connectivity index (χ0) is 13.1. The molecule has 0 aromatic rings. The minimum absolute atomic E-state index is 0.256. The van der Waals surface area contributed by atoms with Crippen molar-refractivity contribution >= 4 is 5.91 Å². The molecule has 0 aliphatic heterocycles. The van der Waals surface area contributed by atoms with Crippen LogP contribution < -0.4 is 5.73 Å². The molecule has 0 atom stereocenters. The Hall–Kier alpha value is -0.790. The van der Waals surface area contributed by atoms with Gasteiger partial charge in [0, 0.05) is 0 Å². The van der Waals surface area contributed by atoms with E-state index in [4.69, 9.17) is 5.73 Å². The van der Waals surface area contributed by atoms with Gasteiger partial charge in [0.25, 0.3) is 0 Å². The first-order valence-corrected chi connectivity index (χ1v) is 6.98. The Kier molecular flexibility index (Phi) is 8.83. The first-order valence-electron chi connectivity index (χ1n) is 6.98. The van der Waals surface area contributed by atoms with Gasteiger partial charge in [0.05, 0.1) is 5.41 Å². The number of carbonyl (C=O) groups excluding carboxylic acids is 1. The van der Waals surface area contributed by atoms with E-state index in [9.17, 15) is 4.79 Å². The van der Waals surface area contributed by atoms with E-state index in [1.807, 2.05) is 19.9 Å². The van der Waals surface area contributed by atoms with Crippen LogP contribution in [0.2, 0.25) is 0 Å². The van der Waals surface area contributed by atoms with Crippen LogP contribution in [-0.2, 0) is 4.79 Å². The highest BCUT2D eigenvalue weighted by molar-refractivity contribution is 5.81. The summed E-state index contributed by atoms with van der Waals surface area (Å²) in [5.41, 5.74) is 4.79. The van der Waals surface area contributed by atoms with Crippen LogP contribution in [-0.4, -0.2) is 5.91 Å². The SMILES string of the molecule is CCCCCCCCCC=CC(C)(C)C(N)=O. The lowest BCUT2D eigenvalue weighted by Gasteiger charge is -2.14. The largest absolute Gasteiger partial charge is 0.369 e. The van der Waals surface area contributed by atoms with Gasteiger partial charge in [-0.2, -0.15) is 0 Å². The summed E-state index contributed by atoms with van der Waals surface area (Å²) >= 11 is 0. The molecule has 0 aliphatic rings. The summed E-state index contributed by atoms with van der Waals surface area (Å²) in [5.74, 6) is -0.256. The van der Waals surface area contributed by atoms with E-state index < -0.39 is 5.41 Å². The van der Waals surface area contributed by atoms with Crippen LogP contribution in [0.15, 0.2) is 12.2 Å². The normalized spacial score (nSPS) is 12.2. The number of rotatable bonds is 10. The van der Waals surface area contributed by atoms with E-state index in [1.54, 1.807) is 0 Å². The first kappa shape index (κ1) is 16.2. The second kappa shape index (κ2) is 9.26. The summed E-state index contributed by atoms with van der Waals surface area (Å²) in [6, 6.07) is 0. The number of carbonyl (C=O) groups is 1. The molecule has 0 saturated carbocycles. The molecule has 0 aliphatic carbocycles. The molecule has 2 N–H and O–H groups in total. The van der Waals surface area contributed by atoms with Gasteiger partial charge in [0.15, 0.2) is 0 Å². The van der Waals surface area contributed by atoms with Crippen LogP contribution >= 0.6 is 0 Å². The highest BCUT2D eigenvalue weighted by atomic mass is 16.1. The maximum absolute atomic E-state index is 11.1. The summed E-state index contributed by atoms with van der Waals surface area (Å²) < 4.78 is 0. The molecule has 0 aromatic heterocycles. The minimum Gasteiger partial charge on any atom is -0.369 e. The fourth-order valence-corrected chi connectivity index (χ4v) is 1.68. The van der Waals surface area contributed by atoms with Gasteiger partial charge in [0.1, 0.15) is 0 Å². The number of primary amides is 1. The molecule has 0 aromatic carbocycles. The standard InChI is InChI=1S/C15H29NO/c1-4-5-6-7-8-9-10-11-12-13-15(2,3)14(16)17/h12-13H,4-11H2,1-3H3,(H2,16,17). The first-order chi connectivity index (χ1) is 8.00. The van der Waals surface area contributed by atoms with E-state index in [1.165, 1.54) is 44.9 Å².